The minimum absolute atomic E-state index is 0.0534. The van der Waals surface area contributed by atoms with E-state index in [1.807, 2.05) is 44.2 Å². The lowest BCUT2D eigenvalue weighted by molar-refractivity contribution is -0.133. The fraction of sp³-hybridized carbons (Fsp3) is 0.348. The zero-order valence-electron chi connectivity index (χ0n) is 16.2. The molecule has 1 heterocycles. The van der Waals surface area contributed by atoms with Crippen LogP contribution in [-0.2, 0) is 16.1 Å². The molecule has 144 valence electrons. The van der Waals surface area contributed by atoms with Crippen molar-refractivity contribution in [1.82, 2.24) is 10.3 Å². The van der Waals surface area contributed by atoms with Gasteiger partial charge in [0.2, 0.25) is 11.8 Å². The summed E-state index contributed by atoms with van der Waals surface area (Å²) in [6, 6.07) is 9.74. The molecule has 2 amide bonds. The summed E-state index contributed by atoms with van der Waals surface area (Å²) in [6.45, 7) is 4.40. The highest BCUT2D eigenvalue weighted by molar-refractivity contribution is 5.98. The van der Waals surface area contributed by atoms with Gasteiger partial charge in [0.15, 0.2) is 0 Å². The van der Waals surface area contributed by atoms with Gasteiger partial charge in [0, 0.05) is 24.6 Å². The van der Waals surface area contributed by atoms with Gasteiger partial charge in [-0.1, -0.05) is 36.4 Å². The van der Waals surface area contributed by atoms with Gasteiger partial charge in [-0.2, -0.15) is 0 Å². The third-order valence-corrected chi connectivity index (χ3v) is 5.98. The summed E-state index contributed by atoms with van der Waals surface area (Å²) in [6.07, 6.45) is 8.52. The lowest BCUT2D eigenvalue weighted by Crippen LogP contribution is -2.41. The molecule has 2 aliphatic carbocycles. The Bertz CT molecular complexity index is 902. The quantitative estimate of drug-likeness (QED) is 0.787. The number of amides is 2. The number of nitrogens with zero attached hydrogens (tertiary/aromatic N) is 1. The number of fused-ring (bicyclic) bond motifs is 2. The molecule has 1 aromatic heterocycles. The molecule has 2 bridgehead atoms. The van der Waals surface area contributed by atoms with Crippen molar-refractivity contribution >= 4 is 17.5 Å². The van der Waals surface area contributed by atoms with Gasteiger partial charge in [-0.25, -0.2) is 0 Å². The summed E-state index contributed by atoms with van der Waals surface area (Å²) in [4.78, 5) is 30.2. The number of aryl methyl sites for hydroxylation is 2. The van der Waals surface area contributed by atoms with E-state index < -0.39 is 0 Å². The van der Waals surface area contributed by atoms with Crippen LogP contribution in [0.2, 0.25) is 0 Å². The topological polar surface area (TPSA) is 71.1 Å². The van der Waals surface area contributed by atoms with Gasteiger partial charge in [0.1, 0.15) is 0 Å². The molecular weight excluding hydrogens is 350 g/mol. The molecular formula is C23H25N3O2. The first-order valence-corrected chi connectivity index (χ1v) is 9.76. The molecule has 0 radical (unpaired) electrons. The number of carbonyl (C=O) groups is 2. The van der Waals surface area contributed by atoms with Gasteiger partial charge in [-0.15, -0.1) is 0 Å². The first-order chi connectivity index (χ1) is 13.5. The molecule has 0 aliphatic heterocycles. The number of nitrogens with one attached hydrogen (secondary N) is 2. The van der Waals surface area contributed by atoms with Crippen molar-refractivity contribution in [2.75, 3.05) is 5.32 Å². The molecule has 0 spiro atoms. The Hall–Kier alpha value is -2.95. The zero-order valence-corrected chi connectivity index (χ0v) is 16.2. The minimum atomic E-state index is -0.331. The smallest absolute Gasteiger partial charge is 0.228 e. The predicted octanol–water partition coefficient (Wildman–Crippen LogP) is 3.39. The molecule has 2 aromatic rings. The van der Waals surface area contributed by atoms with Crippen LogP contribution in [0.3, 0.4) is 0 Å². The molecule has 1 aromatic carbocycles. The van der Waals surface area contributed by atoms with Gasteiger partial charge in [0.05, 0.1) is 11.8 Å². The second kappa shape index (κ2) is 7.58. The van der Waals surface area contributed by atoms with Crippen LogP contribution in [0.25, 0.3) is 0 Å². The van der Waals surface area contributed by atoms with Crippen molar-refractivity contribution in [2.24, 2.45) is 23.7 Å². The third-order valence-electron chi connectivity index (χ3n) is 5.98. The fourth-order valence-corrected chi connectivity index (χ4v) is 4.57. The largest absolute Gasteiger partial charge is 0.352 e. The summed E-state index contributed by atoms with van der Waals surface area (Å²) in [7, 11) is 0. The molecule has 0 saturated heterocycles. The number of carbonyl (C=O) groups excluding carboxylic acids is 2. The van der Waals surface area contributed by atoms with Gasteiger partial charge in [-0.05, 0) is 54.9 Å². The van der Waals surface area contributed by atoms with Crippen molar-refractivity contribution < 1.29 is 9.59 Å². The van der Waals surface area contributed by atoms with Crippen LogP contribution in [0.1, 0.15) is 23.1 Å². The van der Waals surface area contributed by atoms with Crippen molar-refractivity contribution in [1.29, 1.82) is 0 Å². The van der Waals surface area contributed by atoms with E-state index in [1.165, 1.54) is 0 Å². The maximum Gasteiger partial charge on any atom is 0.228 e. The first-order valence-electron chi connectivity index (χ1n) is 9.76. The maximum absolute atomic E-state index is 13.2. The number of hydrogen-bond acceptors (Lipinski definition) is 3. The Kier molecular flexibility index (Phi) is 4.99. The summed E-state index contributed by atoms with van der Waals surface area (Å²) >= 11 is 0. The van der Waals surface area contributed by atoms with E-state index in [4.69, 9.17) is 0 Å². The normalized spacial score (nSPS) is 24.9. The number of pyridine rings is 1. The Morgan fingerprint density at radius 2 is 1.68 bits per heavy atom. The molecule has 5 heteroatoms. The van der Waals surface area contributed by atoms with E-state index in [2.05, 4.69) is 27.8 Å². The molecule has 4 unspecified atom stereocenters. The van der Waals surface area contributed by atoms with Gasteiger partial charge in [0.25, 0.3) is 0 Å². The highest BCUT2D eigenvalue weighted by Crippen LogP contribution is 2.48. The third kappa shape index (κ3) is 3.44. The van der Waals surface area contributed by atoms with E-state index >= 15 is 0 Å². The lowest BCUT2D eigenvalue weighted by Gasteiger charge is -2.27. The Balaban J connectivity index is 1.49. The molecule has 28 heavy (non-hydrogen) atoms. The second-order valence-corrected chi connectivity index (χ2v) is 7.84. The van der Waals surface area contributed by atoms with Gasteiger partial charge >= 0.3 is 0 Å². The number of allylic oxidation sites excluding steroid dienone is 2. The van der Waals surface area contributed by atoms with Crippen molar-refractivity contribution in [3.05, 3.63) is 71.6 Å². The highest BCUT2D eigenvalue weighted by Gasteiger charge is 2.51. The number of aromatic nitrogens is 1. The summed E-state index contributed by atoms with van der Waals surface area (Å²) in [5.41, 5.74) is 3.87. The number of anilines is 1. The van der Waals surface area contributed by atoms with Crippen molar-refractivity contribution in [2.45, 2.75) is 26.8 Å². The number of rotatable bonds is 5. The summed E-state index contributed by atoms with van der Waals surface area (Å²) in [5.74, 6) is -0.506. The SMILES string of the molecule is Cc1cccc(C)c1NC(=O)C1C2C=CC(C2)C1C(=O)NCc1cccnc1. The van der Waals surface area contributed by atoms with E-state index in [0.717, 1.165) is 28.8 Å². The van der Waals surface area contributed by atoms with Crippen LogP contribution >= 0.6 is 0 Å². The van der Waals surface area contributed by atoms with Crippen LogP contribution in [0, 0.1) is 37.5 Å². The highest BCUT2D eigenvalue weighted by atomic mass is 16.2. The Labute approximate surface area is 165 Å². The molecule has 5 nitrogen and oxygen atoms in total. The number of benzene rings is 1. The average Bonchev–Trinajstić information content (AvgIpc) is 3.31. The monoisotopic (exact) mass is 375 g/mol. The molecule has 4 rings (SSSR count). The predicted molar refractivity (Wildman–Crippen MR) is 108 cm³/mol. The van der Waals surface area contributed by atoms with E-state index in [9.17, 15) is 9.59 Å². The Morgan fingerprint density at radius 3 is 2.32 bits per heavy atom. The van der Waals surface area contributed by atoms with Gasteiger partial charge in [-0.3, -0.25) is 14.6 Å². The average molecular weight is 375 g/mol. The van der Waals surface area contributed by atoms with Gasteiger partial charge < -0.3 is 10.6 Å². The maximum atomic E-state index is 13.2. The molecule has 4 atom stereocenters. The van der Waals surface area contributed by atoms with Crippen LogP contribution in [0.15, 0.2) is 54.9 Å². The molecule has 1 fully saturated rings. The first kappa shape index (κ1) is 18.4. The summed E-state index contributed by atoms with van der Waals surface area (Å²) < 4.78 is 0. The minimum Gasteiger partial charge on any atom is -0.352 e. The number of hydrogen-bond donors (Lipinski definition) is 2. The second-order valence-electron chi connectivity index (χ2n) is 7.84. The molecule has 2 N–H and O–H groups in total. The lowest BCUT2D eigenvalue weighted by atomic mass is 9.81. The van der Waals surface area contributed by atoms with E-state index in [-0.39, 0.29) is 35.5 Å². The van der Waals surface area contributed by atoms with Crippen LogP contribution in [0.5, 0.6) is 0 Å². The zero-order chi connectivity index (χ0) is 19.7. The molecule has 2 aliphatic rings. The van der Waals surface area contributed by atoms with E-state index in [1.54, 1.807) is 12.4 Å². The van der Waals surface area contributed by atoms with Crippen LogP contribution in [-0.4, -0.2) is 16.8 Å². The van der Waals surface area contributed by atoms with Crippen LogP contribution < -0.4 is 10.6 Å². The standard InChI is InChI=1S/C23H25N3O2/c1-14-5-3-6-15(2)21(14)26-23(28)20-18-9-8-17(11-18)19(20)22(27)25-13-16-7-4-10-24-12-16/h3-10,12,17-20H,11,13H2,1-2H3,(H,25,27)(H,26,28). The number of para-hydroxylation sites is 1. The van der Waals surface area contributed by atoms with Crippen molar-refractivity contribution in [3.63, 3.8) is 0 Å². The van der Waals surface area contributed by atoms with Crippen molar-refractivity contribution in [3.8, 4) is 0 Å². The summed E-state index contributed by atoms with van der Waals surface area (Å²) in [5, 5.41) is 6.11. The molecule has 1 saturated carbocycles. The van der Waals surface area contributed by atoms with Crippen LogP contribution in [0.4, 0.5) is 5.69 Å². The Morgan fingerprint density at radius 1 is 1.00 bits per heavy atom. The van der Waals surface area contributed by atoms with E-state index in [0.29, 0.717) is 6.54 Å². The fourth-order valence-electron chi connectivity index (χ4n) is 4.57.